The van der Waals surface area contributed by atoms with E-state index in [9.17, 15) is 5.26 Å². The summed E-state index contributed by atoms with van der Waals surface area (Å²) in [7, 11) is 0. The largest absolute Gasteiger partial charge is 0.472 e. The summed E-state index contributed by atoms with van der Waals surface area (Å²) in [6.07, 6.45) is 3.84. The van der Waals surface area contributed by atoms with Gasteiger partial charge in [0.1, 0.15) is 23.9 Å². The Morgan fingerprint density at radius 3 is 2.96 bits per heavy atom. The van der Waals surface area contributed by atoms with E-state index in [1.165, 1.54) is 0 Å². The van der Waals surface area contributed by atoms with Crippen molar-refractivity contribution >= 4 is 0 Å². The van der Waals surface area contributed by atoms with Gasteiger partial charge >= 0.3 is 0 Å². The first-order valence-corrected chi connectivity index (χ1v) is 7.43. The van der Waals surface area contributed by atoms with Gasteiger partial charge in [-0.2, -0.15) is 5.26 Å². The standard InChI is InChI=1S/C18H18N2O3/c1-4-7-22-17-13(10-19)12-9-18(2,3)23-11-14(12)16(20-17)15-6-5-8-21-15/h4-6,8H,1,7,9,11H2,2-3H3. The summed E-state index contributed by atoms with van der Waals surface area (Å²) in [5, 5.41) is 9.61. The van der Waals surface area contributed by atoms with E-state index in [-0.39, 0.29) is 12.2 Å². The molecule has 0 bridgehead atoms. The zero-order valence-electron chi connectivity index (χ0n) is 13.3. The van der Waals surface area contributed by atoms with Gasteiger partial charge < -0.3 is 13.9 Å². The van der Waals surface area contributed by atoms with Gasteiger partial charge in [0.25, 0.3) is 0 Å². The minimum Gasteiger partial charge on any atom is -0.472 e. The van der Waals surface area contributed by atoms with Crippen molar-refractivity contribution in [3.05, 3.63) is 47.7 Å². The highest BCUT2D eigenvalue weighted by Crippen LogP contribution is 2.38. The highest BCUT2D eigenvalue weighted by molar-refractivity contribution is 5.65. The molecule has 3 rings (SSSR count). The van der Waals surface area contributed by atoms with Crippen LogP contribution in [-0.4, -0.2) is 17.2 Å². The summed E-state index contributed by atoms with van der Waals surface area (Å²) in [5.41, 5.74) is 2.61. The zero-order chi connectivity index (χ0) is 16.4. The Bertz CT molecular complexity index is 771. The molecule has 5 nitrogen and oxygen atoms in total. The molecule has 3 heterocycles. The maximum atomic E-state index is 9.61. The van der Waals surface area contributed by atoms with E-state index in [1.54, 1.807) is 18.4 Å². The van der Waals surface area contributed by atoms with Crippen LogP contribution in [0.25, 0.3) is 11.5 Å². The van der Waals surface area contributed by atoms with Crippen LogP contribution in [0.2, 0.25) is 0 Å². The number of rotatable bonds is 4. The molecule has 1 aliphatic heterocycles. The molecule has 2 aromatic rings. The monoisotopic (exact) mass is 310 g/mol. The fourth-order valence-electron chi connectivity index (χ4n) is 2.72. The van der Waals surface area contributed by atoms with Crippen molar-refractivity contribution in [2.75, 3.05) is 6.61 Å². The lowest BCUT2D eigenvalue weighted by Crippen LogP contribution is -2.33. The van der Waals surface area contributed by atoms with Crippen LogP contribution in [0.5, 0.6) is 5.88 Å². The van der Waals surface area contributed by atoms with Crippen molar-refractivity contribution in [2.45, 2.75) is 32.5 Å². The Hall–Kier alpha value is -2.58. The molecular weight excluding hydrogens is 292 g/mol. The summed E-state index contributed by atoms with van der Waals surface area (Å²) in [6.45, 7) is 8.34. The molecule has 0 atom stereocenters. The number of fused-ring (bicyclic) bond motifs is 1. The van der Waals surface area contributed by atoms with Gasteiger partial charge in [-0.05, 0) is 31.5 Å². The molecule has 5 heteroatoms. The van der Waals surface area contributed by atoms with Crippen molar-refractivity contribution in [1.82, 2.24) is 4.98 Å². The van der Waals surface area contributed by atoms with Crippen molar-refractivity contribution in [1.29, 1.82) is 5.26 Å². The quantitative estimate of drug-likeness (QED) is 0.807. The van der Waals surface area contributed by atoms with E-state index in [0.29, 0.717) is 35.9 Å². The van der Waals surface area contributed by atoms with Crippen LogP contribution < -0.4 is 4.74 Å². The van der Waals surface area contributed by atoms with E-state index in [1.807, 2.05) is 19.9 Å². The van der Waals surface area contributed by atoms with Crippen molar-refractivity contribution in [3.8, 4) is 23.4 Å². The average Bonchev–Trinajstić information content (AvgIpc) is 3.05. The number of nitriles is 1. The summed E-state index contributed by atoms with van der Waals surface area (Å²) in [6, 6.07) is 5.88. The Morgan fingerprint density at radius 1 is 1.48 bits per heavy atom. The van der Waals surface area contributed by atoms with E-state index >= 15 is 0 Å². The zero-order valence-corrected chi connectivity index (χ0v) is 13.3. The Balaban J connectivity index is 2.22. The molecule has 0 amide bonds. The molecule has 0 saturated carbocycles. The minimum absolute atomic E-state index is 0.290. The predicted octanol–water partition coefficient (Wildman–Crippen LogP) is 3.63. The van der Waals surface area contributed by atoms with Crippen LogP contribution in [0, 0.1) is 11.3 Å². The van der Waals surface area contributed by atoms with E-state index in [0.717, 1.165) is 11.1 Å². The fourth-order valence-corrected chi connectivity index (χ4v) is 2.72. The Kier molecular flexibility index (Phi) is 3.93. The molecule has 0 aliphatic carbocycles. The van der Waals surface area contributed by atoms with Gasteiger partial charge in [0, 0.05) is 12.0 Å². The number of nitrogens with zero attached hydrogens (tertiary/aromatic N) is 2. The highest BCUT2D eigenvalue weighted by atomic mass is 16.5. The highest BCUT2D eigenvalue weighted by Gasteiger charge is 2.33. The summed E-state index contributed by atoms with van der Waals surface area (Å²) < 4.78 is 17.0. The van der Waals surface area contributed by atoms with Crippen LogP contribution in [0.3, 0.4) is 0 Å². The lowest BCUT2D eigenvalue weighted by atomic mass is 9.88. The lowest BCUT2D eigenvalue weighted by molar-refractivity contribution is -0.0401. The summed E-state index contributed by atoms with van der Waals surface area (Å²) in [5.74, 6) is 0.952. The first-order valence-electron chi connectivity index (χ1n) is 7.43. The SMILES string of the molecule is C=CCOc1nc(-c2ccco2)c2c(c1C#N)CC(C)(C)OC2. The topological polar surface area (TPSA) is 68.3 Å². The number of furan rings is 1. The predicted molar refractivity (Wildman–Crippen MR) is 84.9 cm³/mol. The van der Waals surface area contributed by atoms with Crippen LogP contribution >= 0.6 is 0 Å². The average molecular weight is 310 g/mol. The van der Waals surface area contributed by atoms with E-state index in [2.05, 4.69) is 17.6 Å². The molecule has 2 aromatic heterocycles. The van der Waals surface area contributed by atoms with Gasteiger partial charge in [0.05, 0.1) is 18.5 Å². The minimum atomic E-state index is -0.337. The van der Waals surface area contributed by atoms with E-state index in [4.69, 9.17) is 13.9 Å². The second-order valence-corrected chi connectivity index (χ2v) is 6.01. The molecule has 118 valence electrons. The molecule has 0 radical (unpaired) electrons. The van der Waals surface area contributed by atoms with Crippen LogP contribution in [0.4, 0.5) is 0 Å². The van der Waals surface area contributed by atoms with Gasteiger partial charge in [0.2, 0.25) is 5.88 Å². The van der Waals surface area contributed by atoms with Crippen LogP contribution in [-0.2, 0) is 17.8 Å². The van der Waals surface area contributed by atoms with Gasteiger partial charge in [-0.3, -0.25) is 0 Å². The third kappa shape index (κ3) is 2.86. The number of hydrogen-bond donors (Lipinski definition) is 0. The van der Waals surface area contributed by atoms with Crippen molar-refractivity contribution in [2.24, 2.45) is 0 Å². The molecule has 1 aliphatic rings. The van der Waals surface area contributed by atoms with Gasteiger partial charge in [-0.1, -0.05) is 12.7 Å². The Labute approximate surface area is 135 Å². The lowest BCUT2D eigenvalue weighted by Gasteiger charge is -2.33. The molecule has 0 fully saturated rings. The number of pyridine rings is 1. The van der Waals surface area contributed by atoms with Gasteiger partial charge in [-0.25, -0.2) is 4.98 Å². The molecular formula is C18H18N2O3. The third-order valence-electron chi connectivity index (χ3n) is 3.79. The van der Waals surface area contributed by atoms with Gasteiger partial charge in [-0.15, -0.1) is 0 Å². The third-order valence-corrected chi connectivity index (χ3v) is 3.79. The number of hydrogen-bond acceptors (Lipinski definition) is 5. The van der Waals surface area contributed by atoms with Crippen molar-refractivity contribution in [3.63, 3.8) is 0 Å². The first kappa shape index (κ1) is 15.3. The first-order chi connectivity index (χ1) is 11.1. The molecule has 0 unspecified atom stereocenters. The van der Waals surface area contributed by atoms with Crippen LogP contribution in [0.15, 0.2) is 35.5 Å². The molecule has 0 N–H and O–H groups in total. The number of aromatic nitrogens is 1. The second kappa shape index (κ2) is 5.90. The van der Waals surface area contributed by atoms with Gasteiger partial charge in [0.15, 0.2) is 5.76 Å². The van der Waals surface area contributed by atoms with E-state index < -0.39 is 0 Å². The smallest absolute Gasteiger partial charge is 0.232 e. The second-order valence-electron chi connectivity index (χ2n) is 6.01. The maximum Gasteiger partial charge on any atom is 0.232 e. The van der Waals surface area contributed by atoms with Crippen LogP contribution in [0.1, 0.15) is 30.5 Å². The molecule has 0 aromatic carbocycles. The Morgan fingerprint density at radius 2 is 2.30 bits per heavy atom. The molecule has 0 spiro atoms. The fraction of sp³-hybridized carbons (Fsp3) is 0.333. The number of ether oxygens (including phenoxy) is 2. The van der Waals surface area contributed by atoms with Crippen molar-refractivity contribution < 1.29 is 13.9 Å². The maximum absolute atomic E-state index is 9.61. The summed E-state index contributed by atoms with van der Waals surface area (Å²) in [4.78, 5) is 4.52. The normalized spacial score (nSPS) is 15.5. The summed E-state index contributed by atoms with van der Waals surface area (Å²) >= 11 is 0. The molecule has 0 saturated heterocycles. The molecule has 23 heavy (non-hydrogen) atoms.